The molecule has 100 valence electrons. The van der Waals surface area contributed by atoms with Gasteiger partial charge in [-0.05, 0) is 75.5 Å². The third-order valence-electron chi connectivity index (χ3n) is 2.92. The number of allylic oxidation sites excluding steroid dienone is 1. The van der Waals surface area contributed by atoms with Crippen LogP contribution in [-0.2, 0) is 0 Å². The van der Waals surface area contributed by atoms with Gasteiger partial charge < -0.3 is 5.11 Å². The predicted molar refractivity (Wildman–Crippen MR) is 98.1 cm³/mol. The molecule has 2 aromatic carbocycles. The van der Waals surface area contributed by atoms with E-state index in [9.17, 15) is 9.90 Å². The summed E-state index contributed by atoms with van der Waals surface area (Å²) in [4.78, 5) is 13.9. The van der Waals surface area contributed by atoms with E-state index in [0.29, 0.717) is 10.5 Å². The first-order valence-electron chi connectivity index (χ1n) is 5.77. The summed E-state index contributed by atoms with van der Waals surface area (Å²) in [7, 11) is 0. The second kappa shape index (κ2) is 5.69. The molecule has 0 radical (unpaired) electrons. The number of Topliss-reactive ketones (excluding diaryl/α,β-unsaturated/α-hetero) is 1. The zero-order chi connectivity index (χ0) is 14.3. The van der Waals surface area contributed by atoms with E-state index >= 15 is 0 Å². The van der Waals surface area contributed by atoms with Crippen LogP contribution in [0.1, 0.15) is 15.9 Å². The minimum absolute atomic E-state index is 0.0267. The van der Waals surface area contributed by atoms with Gasteiger partial charge in [0.2, 0.25) is 5.78 Å². The Balaban J connectivity index is 2.06. The van der Waals surface area contributed by atoms with Crippen LogP contribution in [0.2, 0.25) is 0 Å². The third kappa shape index (κ3) is 2.62. The average molecular weight is 506 g/mol. The molecule has 0 aromatic heterocycles. The van der Waals surface area contributed by atoms with Gasteiger partial charge in [0.05, 0.1) is 8.48 Å². The zero-order valence-corrected chi connectivity index (χ0v) is 15.2. The highest BCUT2D eigenvalue weighted by Gasteiger charge is 2.25. The molecule has 0 spiro atoms. The number of hydrogen-bond acceptors (Lipinski definition) is 3. The Morgan fingerprint density at radius 2 is 1.90 bits per heavy atom. The molecule has 2 aromatic rings. The summed E-state index contributed by atoms with van der Waals surface area (Å²) in [6.45, 7) is 0. The number of halogens is 2. The Morgan fingerprint density at radius 1 is 1.15 bits per heavy atom. The number of benzene rings is 2. The van der Waals surface area contributed by atoms with E-state index in [1.165, 1.54) is 11.8 Å². The first kappa shape index (κ1) is 14.4. The van der Waals surface area contributed by atoms with Crippen LogP contribution in [0.4, 0.5) is 0 Å². The number of carbonyl (C=O) groups excluding carboxylic acids is 1. The molecule has 1 heterocycles. The van der Waals surface area contributed by atoms with Gasteiger partial charge in [-0.2, -0.15) is 0 Å². The summed E-state index contributed by atoms with van der Waals surface area (Å²) >= 11 is 5.75. The molecule has 0 amide bonds. The highest BCUT2D eigenvalue weighted by Crippen LogP contribution is 2.41. The molecule has 2 nitrogen and oxygen atoms in total. The van der Waals surface area contributed by atoms with Crippen LogP contribution >= 0.6 is 56.9 Å². The average Bonchev–Trinajstić information content (AvgIpc) is 2.73. The fourth-order valence-corrected chi connectivity index (χ4v) is 4.91. The van der Waals surface area contributed by atoms with Gasteiger partial charge in [-0.1, -0.05) is 23.9 Å². The fourth-order valence-electron chi connectivity index (χ4n) is 1.97. The van der Waals surface area contributed by atoms with E-state index < -0.39 is 0 Å². The summed E-state index contributed by atoms with van der Waals surface area (Å²) in [5.41, 5.74) is 1.42. The summed E-state index contributed by atoms with van der Waals surface area (Å²) in [6.07, 6.45) is 1.77. The van der Waals surface area contributed by atoms with E-state index in [4.69, 9.17) is 0 Å². The molecule has 0 aliphatic carbocycles. The number of carbonyl (C=O) groups is 1. The molecule has 0 fully saturated rings. The van der Waals surface area contributed by atoms with Crippen LogP contribution in [0, 0.1) is 7.14 Å². The predicted octanol–water partition coefficient (Wildman–Crippen LogP) is 4.93. The SMILES string of the molecule is O=C1/C(=C/c2cc(I)cc(I)c2O)Sc2ccccc21. The highest BCUT2D eigenvalue weighted by molar-refractivity contribution is 14.1. The molecule has 0 unspecified atom stereocenters. The lowest BCUT2D eigenvalue weighted by Crippen LogP contribution is -1.94. The lowest BCUT2D eigenvalue weighted by molar-refractivity contribution is 0.104. The second-order valence-electron chi connectivity index (χ2n) is 4.26. The van der Waals surface area contributed by atoms with Gasteiger partial charge in [-0.25, -0.2) is 0 Å². The van der Waals surface area contributed by atoms with Crippen LogP contribution in [0.3, 0.4) is 0 Å². The van der Waals surface area contributed by atoms with Crippen molar-refractivity contribution in [2.24, 2.45) is 0 Å². The van der Waals surface area contributed by atoms with E-state index in [1.807, 2.05) is 36.4 Å². The molecule has 20 heavy (non-hydrogen) atoms. The van der Waals surface area contributed by atoms with Gasteiger partial charge in [-0.15, -0.1) is 0 Å². The maximum absolute atomic E-state index is 12.3. The summed E-state index contributed by atoms with van der Waals surface area (Å²) < 4.78 is 1.82. The summed E-state index contributed by atoms with van der Waals surface area (Å²) in [6, 6.07) is 11.3. The number of phenols is 1. The minimum Gasteiger partial charge on any atom is -0.506 e. The topological polar surface area (TPSA) is 37.3 Å². The number of fused-ring (bicyclic) bond motifs is 1. The largest absolute Gasteiger partial charge is 0.506 e. The maximum atomic E-state index is 12.3. The van der Waals surface area contributed by atoms with Gasteiger partial charge in [0, 0.05) is 19.6 Å². The lowest BCUT2D eigenvalue weighted by Gasteiger charge is -2.04. The molecule has 0 bridgehead atoms. The number of rotatable bonds is 1. The normalized spacial score (nSPS) is 15.7. The fraction of sp³-hybridized carbons (Fsp3) is 0. The smallest absolute Gasteiger partial charge is 0.200 e. The maximum Gasteiger partial charge on any atom is 0.200 e. The van der Waals surface area contributed by atoms with Crippen LogP contribution in [-0.4, -0.2) is 10.9 Å². The van der Waals surface area contributed by atoms with Gasteiger partial charge in [0.25, 0.3) is 0 Å². The second-order valence-corrected chi connectivity index (χ2v) is 7.75. The van der Waals surface area contributed by atoms with Crippen molar-refractivity contribution in [3.05, 3.63) is 59.6 Å². The van der Waals surface area contributed by atoms with Crippen molar-refractivity contribution in [3.8, 4) is 5.75 Å². The molecular formula is C15H8I2O2S. The Morgan fingerprint density at radius 3 is 2.65 bits per heavy atom. The molecule has 0 saturated carbocycles. The Kier molecular flexibility index (Phi) is 4.09. The van der Waals surface area contributed by atoms with Crippen molar-refractivity contribution >= 4 is 68.8 Å². The standard InChI is InChI=1S/C15H8I2O2S/c16-9-5-8(14(18)11(17)7-9)6-13-15(19)10-3-1-2-4-12(10)20-13/h1-7,18H/b13-6-. The number of hydrogen-bond donors (Lipinski definition) is 1. The van der Waals surface area contributed by atoms with E-state index in [0.717, 1.165) is 17.6 Å². The summed E-state index contributed by atoms with van der Waals surface area (Å²) in [5.74, 6) is 0.252. The van der Waals surface area contributed by atoms with Gasteiger partial charge in [0.1, 0.15) is 5.75 Å². The molecule has 3 rings (SSSR count). The first-order chi connectivity index (χ1) is 9.56. The molecule has 0 saturated heterocycles. The van der Waals surface area contributed by atoms with Gasteiger partial charge >= 0.3 is 0 Å². The van der Waals surface area contributed by atoms with Crippen molar-refractivity contribution in [1.29, 1.82) is 0 Å². The molecular weight excluding hydrogens is 498 g/mol. The minimum atomic E-state index is 0.0267. The van der Waals surface area contributed by atoms with Crippen molar-refractivity contribution < 1.29 is 9.90 Å². The van der Waals surface area contributed by atoms with Gasteiger partial charge in [-0.3, -0.25) is 4.79 Å². The van der Waals surface area contributed by atoms with Crippen LogP contribution in [0.25, 0.3) is 6.08 Å². The molecule has 0 atom stereocenters. The van der Waals surface area contributed by atoms with Crippen molar-refractivity contribution in [3.63, 3.8) is 0 Å². The molecule has 1 N–H and O–H groups in total. The Hall–Kier alpha value is -0.540. The van der Waals surface area contributed by atoms with Crippen LogP contribution in [0.15, 0.2) is 46.2 Å². The van der Waals surface area contributed by atoms with E-state index in [-0.39, 0.29) is 11.5 Å². The zero-order valence-electron chi connectivity index (χ0n) is 10.1. The van der Waals surface area contributed by atoms with Crippen LogP contribution in [0.5, 0.6) is 5.75 Å². The van der Waals surface area contributed by atoms with Crippen molar-refractivity contribution in [1.82, 2.24) is 0 Å². The Bertz CT molecular complexity index is 754. The summed E-state index contributed by atoms with van der Waals surface area (Å²) in [5, 5.41) is 10.1. The van der Waals surface area contributed by atoms with Crippen molar-refractivity contribution in [2.45, 2.75) is 4.90 Å². The van der Waals surface area contributed by atoms with Crippen molar-refractivity contribution in [2.75, 3.05) is 0 Å². The van der Waals surface area contributed by atoms with E-state index in [2.05, 4.69) is 45.2 Å². The highest BCUT2D eigenvalue weighted by atomic mass is 127. The number of ketones is 1. The first-order valence-corrected chi connectivity index (χ1v) is 8.75. The number of thioether (sulfide) groups is 1. The number of aromatic hydroxyl groups is 1. The molecule has 1 aliphatic heterocycles. The van der Waals surface area contributed by atoms with Gasteiger partial charge in [0.15, 0.2) is 0 Å². The molecule has 1 aliphatic rings. The molecule has 5 heteroatoms. The quantitative estimate of drug-likeness (QED) is 0.441. The van der Waals surface area contributed by atoms with Crippen LogP contribution < -0.4 is 0 Å². The van der Waals surface area contributed by atoms with E-state index in [1.54, 1.807) is 6.08 Å². The third-order valence-corrected chi connectivity index (χ3v) is 5.46. The monoisotopic (exact) mass is 506 g/mol. The number of phenolic OH excluding ortho intramolecular Hbond substituents is 1. The lowest BCUT2D eigenvalue weighted by atomic mass is 10.1. The Labute approximate surface area is 147 Å².